The maximum absolute atomic E-state index is 10.5. The van der Waals surface area contributed by atoms with Gasteiger partial charge in [0.2, 0.25) is 0 Å². The maximum Gasteiger partial charge on any atom is 0.320 e. The molecule has 0 radical (unpaired) electrons. The minimum absolute atomic E-state index is 0.428. The second-order valence-corrected chi connectivity index (χ2v) is 2.63. The van der Waals surface area contributed by atoms with Gasteiger partial charge in [0.15, 0.2) is 0 Å². The molecule has 0 aliphatic carbocycles. The first-order valence-corrected chi connectivity index (χ1v) is 4.06. The number of likely N-dealkylation sites (N-methyl/N-ethyl adjacent to an activating group) is 1. The van der Waals surface area contributed by atoms with E-state index in [2.05, 4.69) is 11.2 Å². The molecule has 0 aromatic rings. The lowest BCUT2D eigenvalue weighted by Gasteiger charge is -2.09. The fraction of sp³-hybridized carbons (Fsp3) is 0.667. The van der Waals surface area contributed by atoms with Gasteiger partial charge in [0, 0.05) is 6.42 Å². The minimum Gasteiger partial charge on any atom is -0.480 e. The summed E-state index contributed by atoms with van der Waals surface area (Å²) in [6.07, 6.45) is 8.20. The number of nitrogens with one attached hydrogen (secondary N) is 1. The van der Waals surface area contributed by atoms with Crippen LogP contribution in [0.15, 0.2) is 0 Å². The molecule has 0 aliphatic heterocycles. The molecule has 1 unspecified atom stereocenters. The third-order valence-corrected chi connectivity index (χ3v) is 1.71. The smallest absolute Gasteiger partial charge is 0.320 e. The molecule has 0 rings (SSSR count). The van der Waals surface area contributed by atoms with Gasteiger partial charge in [-0.2, -0.15) is 0 Å². The minimum atomic E-state index is -0.793. The molecular formula is C9H15NO2. The second-order valence-electron chi connectivity index (χ2n) is 2.63. The summed E-state index contributed by atoms with van der Waals surface area (Å²) >= 11 is 0. The fourth-order valence-electron chi connectivity index (χ4n) is 0.967. The fourth-order valence-corrected chi connectivity index (χ4v) is 0.967. The van der Waals surface area contributed by atoms with Gasteiger partial charge in [-0.15, -0.1) is 12.3 Å². The van der Waals surface area contributed by atoms with Crippen LogP contribution in [0.5, 0.6) is 0 Å². The first-order valence-electron chi connectivity index (χ1n) is 4.06. The number of terminal acetylenes is 1. The molecule has 12 heavy (non-hydrogen) atoms. The van der Waals surface area contributed by atoms with Gasteiger partial charge < -0.3 is 10.4 Å². The van der Waals surface area contributed by atoms with Crippen molar-refractivity contribution in [3.05, 3.63) is 0 Å². The van der Waals surface area contributed by atoms with Crippen molar-refractivity contribution in [1.82, 2.24) is 5.32 Å². The zero-order chi connectivity index (χ0) is 9.40. The molecule has 0 heterocycles. The second kappa shape index (κ2) is 6.68. The van der Waals surface area contributed by atoms with Crippen LogP contribution in [-0.4, -0.2) is 24.2 Å². The maximum atomic E-state index is 10.5. The summed E-state index contributed by atoms with van der Waals surface area (Å²) in [6, 6.07) is -0.428. The summed E-state index contributed by atoms with van der Waals surface area (Å²) in [6.45, 7) is 0. The Morgan fingerprint density at radius 1 is 1.67 bits per heavy atom. The quantitative estimate of drug-likeness (QED) is 0.458. The predicted octanol–water partition coefficient (Wildman–Crippen LogP) is 0.853. The molecule has 0 aromatic heterocycles. The van der Waals surface area contributed by atoms with Crippen LogP contribution in [0, 0.1) is 12.3 Å². The number of unbranched alkanes of at least 4 members (excludes halogenated alkanes) is 2. The Morgan fingerprint density at radius 2 is 2.33 bits per heavy atom. The van der Waals surface area contributed by atoms with E-state index in [1.807, 2.05) is 0 Å². The van der Waals surface area contributed by atoms with E-state index in [1.54, 1.807) is 7.05 Å². The Bertz CT molecular complexity index is 172. The summed E-state index contributed by atoms with van der Waals surface area (Å²) in [5, 5.41) is 11.4. The van der Waals surface area contributed by atoms with E-state index in [4.69, 9.17) is 11.5 Å². The predicted molar refractivity (Wildman–Crippen MR) is 47.8 cm³/mol. The molecule has 0 saturated heterocycles. The molecule has 3 heteroatoms. The average Bonchev–Trinajstić information content (AvgIpc) is 2.04. The molecule has 0 aliphatic rings. The van der Waals surface area contributed by atoms with E-state index in [-0.39, 0.29) is 0 Å². The van der Waals surface area contributed by atoms with E-state index in [0.29, 0.717) is 6.42 Å². The van der Waals surface area contributed by atoms with Gasteiger partial charge in [-0.25, -0.2) is 0 Å². The lowest BCUT2D eigenvalue weighted by molar-refractivity contribution is -0.139. The van der Waals surface area contributed by atoms with Crippen LogP contribution in [0.2, 0.25) is 0 Å². The highest BCUT2D eigenvalue weighted by Crippen LogP contribution is 2.02. The van der Waals surface area contributed by atoms with Crippen LogP contribution in [0.25, 0.3) is 0 Å². The number of rotatable bonds is 6. The number of hydrogen-bond donors (Lipinski definition) is 2. The molecular weight excluding hydrogens is 154 g/mol. The zero-order valence-electron chi connectivity index (χ0n) is 7.34. The van der Waals surface area contributed by atoms with Gasteiger partial charge in [-0.3, -0.25) is 4.79 Å². The van der Waals surface area contributed by atoms with Crippen molar-refractivity contribution in [2.24, 2.45) is 0 Å². The number of aliphatic carboxylic acids is 1. The van der Waals surface area contributed by atoms with Gasteiger partial charge >= 0.3 is 5.97 Å². The summed E-state index contributed by atoms with van der Waals surface area (Å²) < 4.78 is 0. The van der Waals surface area contributed by atoms with Crippen LogP contribution >= 0.6 is 0 Å². The Morgan fingerprint density at radius 3 is 2.75 bits per heavy atom. The van der Waals surface area contributed by atoms with Gasteiger partial charge in [0.05, 0.1) is 0 Å². The van der Waals surface area contributed by atoms with E-state index in [9.17, 15) is 4.79 Å². The molecule has 1 atom stereocenters. The Labute approximate surface area is 73.2 Å². The molecule has 0 amide bonds. The lowest BCUT2D eigenvalue weighted by atomic mass is 10.1. The highest BCUT2D eigenvalue weighted by Gasteiger charge is 2.12. The van der Waals surface area contributed by atoms with Crippen molar-refractivity contribution in [2.75, 3.05) is 7.05 Å². The molecule has 3 nitrogen and oxygen atoms in total. The van der Waals surface area contributed by atoms with Crippen molar-refractivity contribution in [3.63, 3.8) is 0 Å². The Balaban J connectivity index is 3.46. The van der Waals surface area contributed by atoms with Crippen LogP contribution in [-0.2, 0) is 4.79 Å². The monoisotopic (exact) mass is 169 g/mol. The number of carbonyl (C=O) groups is 1. The van der Waals surface area contributed by atoms with Crippen LogP contribution in [0.3, 0.4) is 0 Å². The number of hydrogen-bond acceptors (Lipinski definition) is 2. The first kappa shape index (κ1) is 11.0. The van der Waals surface area contributed by atoms with Gasteiger partial charge in [0.25, 0.3) is 0 Å². The molecule has 0 bridgehead atoms. The Kier molecular flexibility index (Phi) is 6.12. The SMILES string of the molecule is C#CCCCCC(NC)C(=O)O. The van der Waals surface area contributed by atoms with Crippen LogP contribution < -0.4 is 5.32 Å². The summed E-state index contributed by atoms with van der Waals surface area (Å²) in [7, 11) is 1.65. The summed E-state index contributed by atoms with van der Waals surface area (Å²) in [5.41, 5.74) is 0. The molecule has 0 fully saturated rings. The summed E-state index contributed by atoms with van der Waals surface area (Å²) in [5.74, 6) is 1.73. The van der Waals surface area contributed by atoms with Crippen LogP contribution in [0.1, 0.15) is 25.7 Å². The van der Waals surface area contributed by atoms with Gasteiger partial charge in [0.1, 0.15) is 6.04 Å². The summed E-state index contributed by atoms with van der Waals surface area (Å²) in [4.78, 5) is 10.5. The zero-order valence-corrected chi connectivity index (χ0v) is 7.34. The third kappa shape index (κ3) is 4.75. The largest absolute Gasteiger partial charge is 0.480 e. The first-order chi connectivity index (χ1) is 5.72. The topological polar surface area (TPSA) is 49.3 Å². The van der Waals surface area contributed by atoms with E-state index >= 15 is 0 Å². The molecule has 0 saturated carbocycles. The van der Waals surface area contributed by atoms with Crippen molar-refractivity contribution in [3.8, 4) is 12.3 Å². The Hall–Kier alpha value is -1.01. The van der Waals surface area contributed by atoms with Crippen molar-refractivity contribution >= 4 is 5.97 Å². The van der Waals surface area contributed by atoms with Crippen LogP contribution in [0.4, 0.5) is 0 Å². The average molecular weight is 169 g/mol. The normalized spacial score (nSPS) is 12.0. The van der Waals surface area contributed by atoms with E-state index < -0.39 is 12.0 Å². The van der Waals surface area contributed by atoms with E-state index in [0.717, 1.165) is 19.3 Å². The van der Waals surface area contributed by atoms with Gasteiger partial charge in [-0.1, -0.05) is 6.42 Å². The van der Waals surface area contributed by atoms with Crippen molar-refractivity contribution < 1.29 is 9.90 Å². The standard InChI is InChI=1S/C9H15NO2/c1-3-4-5-6-7-8(10-2)9(11)12/h1,8,10H,4-7H2,2H3,(H,11,12). The lowest BCUT2D eigenvalue weighted by Crippen LogP contribution is -2.33. The van der Waals surface area contributed by atoms with Crippen molar-refractivity contribution in [1.29, 1.82) is 0 Å². The third-order valence-electron chi connectivity index (χ3n) is 1.71. The molecule has 2 N–H and O–H groups in total. The highest BCUT2D eigenvalue weighted by atomic mass is 16.4. The van der Waals surface area contributed by atoms with Crippen molar-refractivity contribution in [2.45, 2.75) is 31.7 Å². The van der Waals surface area contributed by atoms with E-state index in [1.165, 1.54) is 0 Å². The van der Waals surface area contributed by atoms with Gasteiger partial charge in [-0.05, 0) is 19.9 Å². The highest BCUT2D eigenvalue weighted by molar-refractivity contribution is 5.73. The number of carboxylic acid groups (broad SMARTS) is 1. The number of carboxylic acids is 1. The molecule has 0 spiro atoms. The molecule has 0 aromatic carbocycles. The molecule has 68 valence electrons.